The molecule has 3 aromatic rings. The first kappa shape index (κ1) is 18.0. The quantitative estimate of drug-likeness (QED) is 0.551. The van der Waals surface area contributed by atoms with Crippen molar-refractivity contribution in [2.75, 3.05) is 20.2 Å². The van der Waals surface area contributed by atoms with Crippen molar-refractivity contribution in [3.63, 3.8) is 0 Å². The highest BCUT2D eigenvalue weighted by molar-refractivity contribution is 5.95. The van der Waals surface area contributed by atoms with E-state index in [1.54, 1.807) is 11.0 Å². The highest BCUT2D eigenvalue weighted by atomic mass is 16.6. The Balaban J connectivity index is 1.56. The number of nitro groups is 1. The molecule has 2 aromatic carbocycles. The topological polar surface area (TPSA) is 101 Å². The lowest BCUT2D eigenvalue weighted by molar-refractivity contribution is -0.385. The van der Waals surface area contributed by atoms with Gasteiger partial charge in [0.2, 0.25) is 0 Å². The molecule has 1 atom stereocenters. The predicted octanol–water partition coefficient (Wildman–Crippen LogP) is 3.50. The van der Waals surface area contributed by atoms with E-state index >= 15 is 0 Å². The van der Waals surface area contributed by atoms with Gasteiger partial charge in [-0.1, -0.05) is 12.1 Å². The molecule has 1 aromatic heterocycles. The van der Waals surface area contributed by atoms with Gasteiger partial charge < -0.3 is 14.6 Å². The normalized spacial score (nSPS) is 16.9. The van der Waals surface area contributed by atoms with Gasteiger partial charge in [0, 0.05) is 30.6 Å². The number of methoxy groups -OCH3 is 1. The lowest BCUT2D eigenvalue weighted by Crippen LogP contribution is -2.39. The van der Waals surface area contributed by atoms with Crippen LogP contribution in [0.5, 0.6) is 5.75 Å². The third-order valence-corrected chi connectivity index (χ3v) is 5.13. The zero-order valence-corrected chi connectivity index (χ0v) is 15.4. The number of ether oxygens (including phenoxy) is 1. The maximum atomic E-state index is 13.0. The van der Waals surface area contributed by atoms with Crippen molar-refractivity contribution in [2.45, 2.75) is 18.8 Å². The van der Waals surface area contributed by atoms with Gasteiger partial charge in [-0.15, -0.1) is 0 Å². The number of amides is 1. The summed E-state index contributed by atoms with van der Waals surface area (Å²) in [7, 11) is 1.37. The van der Waals surface area contributed by atoms with Crippen LogP contribution in [0.3, 0.4) is 0 Å². The fraction of sp³-hybridized carbons (Fsp3) is 0.300. The minimum Gasteiger partial charge on any atom is -0.490 e. The Morgan fingerprint density at radius 1 is 1.32 bits per heavy atom. The Bertz CT molecular complexity index is 1010. The molecule has 28 heavy (non-hydrogen) atoms. The first-order valence-electron chi connectivity index (χ1n) is 9.13. The maximum Gasteiger partial charge on any atom is 0.311 e. The molecular weight excluding hydrogens is 360 g/mol. The van der Waals surface area contributed by atoms with Crippen LogP contribution in [0.1, 0.15) is 34.9 Å². The Labute approximate surface area is 161 Å². The first-order chi connectivity index (χ1) is 13.6. The summed E-state index contributed by atoms with van der Waals surface area (Å²) in [4.78, 5) is 33.4. The maximum absolute atomic E-state index is 13.0. The number of rotatable bonds is 4. The summed E-state index contributed by atoms with van der Waals surface area (Å²) >= 11 is 0. The Morgan fingerprint density at radius 2 is 2.14 bits per heavy atom. The van der Waals surface area contributed by atoms with Crippen LogP contribution in [-0.2, 0) is 0 Å². The van der Waals surface area contributed by atoms with E-state index in [2.05, 4.69) is 9.97 Å². The van der Waals surface area contributed by atoms with E-state index < -0.39 is 4.92 Å². The summed E-state index contributed by atoms with van der Waals surface area (Å²) in [5, 5.41) is 11.2. The second kappa shape index (κ2) is 7.30. The van der Waals surface area contributed by atoms with Gasteiger partial charge in [0.15, 0.2) is 5.75 Å². The minimum atomic E-state index is -0.539. The highest BCUT2D eigenvalue weighted by Gasteiger charge is 2.28. The number of para-hydroxylation sites is 2. The molecule has 0 aliphatic carbocycles. The number of likely N-dealkylation sites (tertiary alicyclic amines) is 1. The van der Waals surface area contributed by atoms with Crippen molar-refractivity contribution in [3.8, 4) is 5.75 Å². The van der Waals surface area contributed by atoms with Crippen molar-refractivity contribution < 1.29 is 14.5 Å². The molecule has 8 nitrogen and oxygen atoms in total. The number of imidazole rings is 1. The van der Waals surface area contributed by atoms with Crippen LogP contribution in [0.15, 0.2) is 42.5 Å². The molecule has 144 valence electrons. The second-order valence-electron chi connectivity index (χ2n) is 6.87. The molecule has 8 heteroatoms. The second-order valence-corrected chi connectivity index (χ2v) is 6.87. The van der Waals surface area contributed by atoms with Crippen LogP contribution in [0, 0.1) is 10.1 Å². The summed E-state index contributed by atoms with van der Waals surface area (Å²) < 4.78 is 5.01. The Hall–Kier alpha value is -3.42. The molecule has 1 saturated heterocycles. The standard InChI is InChI=1S/C20H20N4O4/c1-28-18-9-8-13(11-17(18)24(26)27)20(25)23-10-4-5-14(12-23)19-21-15-6-2-3-7-16(15)22-19/h2-3,6-9,11,14H,4-5,10,12H2,1H3,(H,21,22)/t14-/m1/s1. The van der Waals surface area contributed by atoms with Gasteiger partial charge >= 0.3 is 5.69 Å². The smallest absolute Gasteiger partial charge is 0.311 e. The van der Waals surface area contributed by atoms with Gasteiger partial charge in [-0.25, -0.2) is 4.98 Å². The van der Waals surface area contributed by atoms with Crippen LogP contribution < -0.4 is 4.74 Å². The van der Waals surface area contributed by atoms with Crippen molar-refractivity contribution in [1.82, 2.24) is 14.9 Å². The number of fused-ring (bicyclic) bond motifs is 1. The summed E-state index contributed by atoms with van der Waals surface area (Å²) in [5.74, 6) is 0.907. The number of benzene rings is 2. The number of nitrogens with one attached hydrogen (secondary N) is 1. The zero-order valence-electron chi connectivity index (χ0n) is 15.4. The lowest BCUT2D eigenvalue weighted by Gasteiger charge is -2.32. The molecule has 1 N–H and O–H groups in total. The Morgan fingerprint density at radius 3 is 2.89 bits per heavy atom. The lowest BCUT2D eigenvalue weighted by atomic mass is 9.96. The fourth-order valence-electron chi connectivity index (χ4n) is 3.70. The number of H-pyrrole nitrogens is 1. The SMILES string of the molecule is COc1ccc(C(=O)N2CCC[C@@H](c3nc4ccccc4[nH]3)C2)cc1[N+](=O)[O-]. The third kappa shape index (κ3) is 3.28. The number of aromatic nitrogens is 2. The van der Waals surface area contributed by atoms with E-state index in [-0.39, 0.29) is 28.8 Å². The first-order valence-corrected chi connectivity index (χ1v) is 9.13. The molecule has 2 heterocycles. The molecule has 1 fully saturated rings. The van der Waals surface area contributed by atoms with Crippen molar-refractivity contribution in [2.24, 2.45) is 0 Å². The molecule has 1 aliphatic heterocycles. The average Bonchev–Trinajstić information content (AvgIpc) is 3.17. The highest BCUT2D eigenvalue weighted by Crippen LogP contribution is 2.30. The number of piperidine rings is 1. The summed E-state index contributed by atoms with van der Waals surface area (Å²) in [6, 6.07) is 12.2. The van der Waals surface area contributed by atoms with Crippen LogP contribution in [0.4, 0.5) is 5.69 Å². The van der Waals surface area contributed by atoms with E-state index in [9.17, 15) is 14.9 Å². The fourth-order valence-corrected chi connectivity index (χ4v) is 3.70. The van der Waals surface area contributed by atoms with Crippen LogP contribution in [0.2, 0.25) is 0 Å². The van der Waals surface area contributed by atoms with Gasteiger partial charge in [0.05, 0.1) is 23.1 Å². The number of nitro benzene ring substituents is 1. The van der Waals surface area contributed by atoms with Gasteiger partial charge in [0.1, 0.15) is 5.82 Å². The predicted molar refractivity (Wildman–Crippen MR) is 104 cm³/mol. The van der Waals surface area contributed by atoms with E-state index in [0.717, 1.165) is 29.7 Å². The van der Waals surface area contributed by atoms with Crippen molar-refractivity contribution in [3.05, 3.63) is 64.0 Å². The van der Waals surface area contributed by atoms with Gasteiger partial charge in [-0.2, -0.15) is 0 Å². The van der Waals surface area contributed by atoms with Crippen LogP contribution in [0.25, 0.3) is 11.0 Å². The number of hydrogen-bond donors (Lipinski definition) is 1. The largest absolute Gasteiger partial charge is 0.490 e. The van der Waals surface area contributed by atoms with Crippen molar-refractivity contribution >= 4 is 22.6 Å². The molecule has 0 spiro atoms. The summed E-state index contributed by atoms with van der Waals surface area (Å²) in [5.41, 5.74) is 1.97. The molecule has 0 radical (unpaired) electrons. The van der Waals surface area contributed by atoms with Gasteiger partial charge in [-0.05, 0) is 37.1 Å². The monoisotopic (exact) mass is 380 g/mol. The van der Waals surface area contributed by atoms with Crippen molar-refractivity contribution in [1.29, 1.82) is 0 Å². The Kier molecular flexibility index (Phi) is 4.68. The summed E-state index contributed by atoms with van der Waals surface area (Å²) in [6.07, 6.45) is 1.79. The molecule has 0 saturated carbocycles. The van der Waals surface area contributed by atoms with E-state index in [1.807, 2.05) is 24.3 Å². The molecule has 0 bridgehead atoms. The third-order valence-electron chi connectivity index (χ3n) is 5.13. The molecule has 4 rings (SSSR count). The molecule has 0 unspecified atom stereocenters. The number of hydrogen-bond acceptors (Lipinski definition) is 5. The average molecular weight is 380 g/mol. The number of carbonyl (C=O) groups excluding carboxylic acids is 1. The number of carbonyl (C=O) groups is 1. The van der Waals surface area contributed by atoms with Crippen LogP contribution >= 0.6 is 0 Å². The van der Waals surface area contributed by atoms with E-state index in [0.29, 0.717) is 13.1 Å². The van der Waals surface area contributed by atoms with Gasteiger partial charge in [0.25, 0.3) is 5.91 Å². The molecule has 1 amide bonds. The van der Waals surface area contributed by atoms with Gasteiger partial charge in [-0.3, -0.25) is 14.9 Å². The van der Waals surface area contributed by atoms with E-state index in [1.165, 1.54) is 19.2 Å². The molecule has 1 aliphatic rings. The zero-order chi connectivity index (χ0) is 19.7. The number of aromatic amines is 1. The van der Waals surface area contributed by atoms with E-state index in [4.69, 9.17) is 4.74 Å². The molecular formula is C20H20N4O4. The van der Waals surface area contributed by atoms with Crippen LogP contribution in [-0.4, -0.2) is 45.9 Å². The minimum absolute atomic E-state index is 0.110. The summed E-state index contributed by atoms with van der Waals surface area (Å²) in [6.45, 7) is 1.15. The number of nitrogens with zero attached hydrogens (tertiary/aromatic N) is 3.